The molecule has 1 aliphatic rings. The van der Waals surface area contributed by atoms with Gasteiger partial charge in [-0.1, -0.05) is 0 Å². The summed E-state index contributed by atoms with van der Waals surface area (Å²) >= 11 is 1.24. The average molecular weight is 410 g/mol. The average Bonchev–Trinajstić information content (AvgIpc) is 3.17. The minimum absolute atomic E-state index is 0.0871. The standard InChI is InChI=1S/C19H14N4O5S/c1-10-17(24)20-14-8-12(4-7-16(14)28-10)15-9-29-19(21-15)22-18(25)11-2-5-13(6-3-11)23(26)27/h2-10H,1H3,(H,20,24)(H,21,22,25). The van der Waals surface area contributed by atoms with Gasteiger partial charge in [-0.2, -0.15) is 0 Å². The van der Waals surface area contributed by atoms with Crippen molar-refractivity contribution in [1.82, 2.24) is 4.98 Å². The quantitative estimate of drug-likeness (QED) is 0.499. The van der Waals surface area contributed by atoms with Gasteiger partial charge < -0.3 is 10.1 Å². The number of anilines is 2. The molecule has 1 atom stereocenters. The van der Waals surface area contributed by atoms with Gasteiger partial charge in [-0.05, 0) is 37.3 Å². The second kappa shape index (κ2) is 7.32. The van der Waals surface area contributed by atoms with Crippen molar-refractivity contribution in [2.75, 3.05) is 10.6 Å². The lowest BCUT2D eigenvalue weighted by Crippen LogP contribution is -2.34. The minimum Gasteiger partial charge on any atom is -0.479 e. The maximum absolute atomic E-state index is 12.3. The molecular weight excluding hydrogens is 396 g/mol. The summed E-state index contributed by atoms with van der Waals surface area (Å²) in [7, 11) is 0. The highest BCUT2D eigenvalue weighted by atomic mass is 32.1. The molecule has 0 bridgehead atoms. The molecule has 0 saturated carbocycles. The van der Waals surface area contributed by atoms with E-state index in [0.29, 0.717) is 22.3 Å². The van der Waals surface area contributed by atoms with Crippen LogP contribution in [0.15, 0.2) is 47.8 Å². The van der Waals surface area contributed by atoms with Gasteiger partial charge in [-0.3, -0.25) is 25.0 Å². The topological polar surface area (TPSA) is 123 Å². The van der Waals surface area contributed by atoms with Gasteiger partial charge in [0.2, 0.25) is 0 Å². The molecule has 4 rings (SSSR count). The predicted octanol–water partition coefficient (Wildman–Crippen LogP) is 3.69. The van der Waals surface area contributed by atoms with Crippen molar-refractivity contribution in [3.63, 3.8) is 0 Å². The van der Waals surface area contributed by atoms with Crippen LogP contribution < -0.4 is 15.4 Å². The molecule has 10 heteroatoms. The lowest BCUT2D eigenvalue weighted by Gasteiger charge is -2.23. The van der Waals surface area contributed by atoms with Crippen molar-refractivity contribution in [1.29, 1.82) is 0 Å². The molecule has 0 saturated heterocycles. The first-order valence-corrected chi connectivity index (χ1v) is 9.42. The summed E-state index contributed by atoms with van der Waals surface area (Å²) in [6.45, 7) is 1.67. The Morgan fingerprint density at radius 1 is 1.28 bits per heavy atom. The van der Waals surface area contributed by atoms with Gasteiger partial charge in [0.15, 0.2) is 11.2 Å². The molecule has 0 radical (unpaired) electrons. The Bertz CT molecular complexity index is 1130. The minimum atomic E-state index is -0.547. The van der Waals surface area contributed by atoms with E-state index in [0.717, 1.165) is 5.56 Å². The normalized spacial score (nSPS) is 15.1. The van der Waals surface area contributed by atoms with Crippen LogP contribution in [0.3, 0.4) is 0 Å². The number of nitro groups is 1. The van der Waals surface area contributed by atoms with Crippen molar-refractivity contribution in [3.8, 4) is 17.0 Å². The number of thiazole rings is 1. The molecule has 2 N–H and O–H groups in total. The zero-order valence-corrected chi connectivity index (χ0v) is 15.9. The van der Waals surface area contributed by atoms with Crippen LogP contribution in [0.2, 0.25) is 0 Å². The van der Waals surface area contributed by atoms with Crippen molar-refractivity contribution in [3.05, 3.63) is 63.5 Å². The van der Waals surface area contributed by atoms with Gasteiger partial charge in [0.25, 0.3) is 17.5 Å². The lowest BCUT2D eigenvalue weighted by molar-refractivity contribution is -0.384. The smallest absolute Gasteiger partial charge is 0.269 e. The third-order valence-electron chi connectivity index (χ3n) is 4.27. The van der Waals surface area contributed by atoms with Crippen LogP contribution in [0, 0.1) is 10.1 Å². The van der Waals surface area contributed by atoms with Crippen LogP contribution in [0.4, 0.5) is 16.5 Å². The molecule has 0 fully saturated rings. The summed E-state index contributed by atoms with van der Waals surface area (Å²) in [5.74, 6) is -0.0485. The number of hydrogen-bond acceptors (Lipinski definition) is 7. The first-order valence-electron chi connectivity index (χ1n) is 8.54. The van der Waals surface area contributed by atoms with E-state index in [1.807, 2.05) is 6.07 Å². The molecule has 3 aromatic rings. The number of rotatable bonds is 4. The van der Waals surface area contributed by atoms with Crippen LogP contribution in [-0.4, -0.2) is 27.8 Å². The summed E-state index contributed by atoms with van der Waals surface area (Å²) < 4.78 is 5.54. The molecule has 0 spiro atoms. The number of nitrogens with one attached hydrogen (secondary N) is 2. The highest BCUT2D eigenvalue weighted by Crippen LogP contribution is 2.35. The Kier molecular flexibility index (Phi) is 4.69. The fourth-order valence-electron chi connectivity index (χ4n) is 2.74. The number of carbonyl (C=O) groups is 2. The Balaban J connectivity index is 1.50. The fraction of sp³-hybridized carbons (Fsp3) is 0.105. The van der Waals surface area contributed by atoms with Crippen molar-refractivity contribution >= 4 is 39.7 Å². The van der Waals surface area contributed by atoms with Crippen LogP contribution in [-0.2, 0) is 4.79 Å². The molecule has 2 heterocycles. The largest absolute Gasteiger partial charge is 0.479 e. The highest BCUT2D eigenvalue weighted by molar-refractivity contribution is 7.14. The van der Waals surface area contributed by atoms with E-state index in [4.69, 9.17) is 4.74 Å². The number of nitrogens with zero attached hydrogens (tertiary/aromatic N) is 2. The van der Waals surface area contributed by atoms with Gasteiger partial charge in [-0.25, -0.2) is 4.98 Å². The van der Waals surface area contributed by atoms with Gasteiger partial charge in [-0.15, -0.1) is 11.3 Å². The van der Waals surface area contributed by atoms with Gasteiger partial charge in [0, 0.05) is 28.6 Å². The number of fused-ring (bicyclic) bond motifs is 1. The number of aromatic nitrogens is 1. The Morgan fingerprint density at radius 3 is 2.76 bits per heavy atom. The Morgan fingerprint density at radius 2 is 2.03 bits per heavy atom. The molecule has 0 aliphatic carbocycles. The number of hydrogen-bond donors (Lipinski definition) is 2. The monoisotopic (exact) mass is 410 g/mol. The van der Waals surface area contributed by atoms with E-state index in [1.165, 1.54) is 35.6 Å². The summed E-state index contributed by atoms with van der Waals surface area (Å²) in [6, 6.07) is 10.6. The van der Waals surface area contributed by atoms with Crippen LogP contribution >= 0.6 is 11.3 Å². The molecule has 2 aromatic carbocycles. The van der Waals surface area contributed by atoms with Crippen LogP contribution in [0.1, 0.15) is 17.3 Å². The van der Waals surface area contributed by atoms with Gasteiger partial charge in [0.1, 0.15) is 5.75 Å². The number of benzene rings is 2. The van der Waals surface area contributed by atoms with Crippen molar-refractivity contribution < 1.29 is 19.2 Å². The summed E-state index contributed by atoms with van der Waals surface area (Å²) in [4.78, 5) is 38.7. The second-order valence-corrected chi connectivity index (χ2v) is 7.11. The molecule has 9 nitrogen and oxygen atoms in total. The first-order chi connectivity index (χ1) is 13.9. The Labute approximate surface area is 168 Å². The third-order valence-corrected chi connectivity index (χ3v) is 5.03. The molecule has 1 aliphatic heterocycles. The van der Waals surface area contributed by atoms with Crippen LogP contribution in [0.5, 0.6) is 5.75 Å². The molecule has 1 unspecified atom stereocenters. The fourth-order valence-corrected chi connectivity index (χ4v) is 3.45. The Hall–Kier alpha value is -3.79. The summed E-state index contributed by atoms with van der Waals surface area (Å²) in [5, 5.41) is 18.3. The summed E-state index contributed by atoms with van der Waals surface area (Å²) in [5.41, 5.74) is 2.15. The molecule has 2 amide bonds. The zero-order chi connectivity index (χ0) is 20.5. The highest BCUT2D eigenvalue weighted by Gasteiger charge is 2.24. The van der Waals surface area contributed by atoms with E-state index in [1.54, 1.807) is 24.4 Å². The number of carbonyl (C=O) groups excluding carboxylic acids is 2. The van der Waals surface area contributed by atoms with Crippen LogP contribution in [0.25, 0.3) is 11.3 Å². The van der Waals surface area contributed by atoms with E-state index in [2.05, 4.69) is 15.6 Å². The van der Waals surface area contributed by atoms with E-state index in [-0.39, 0.29) is 17.2 Å². The zero-order valence-electron chi connectivity index (χ0n) is 15.0. The van der Waals surface area contributed by atoms with Crippen molar-refractivity contribution in [2.24, 2.45) is 0 Å². The SMILES string of the molecule is CC1Oc2ccc(-c3csc(NC(=O)c4ccc([N+](=O)[O-])cc4)n3)cc2NC1=O. The second-order valence-electron chi connectivity index (χ2n) is 6.26. The first kappa shape index (κ1) is 18.6. The van der Waals surface area contributed by atoms with Gasteiger partial charge >= 0.3 is 0 Å². The number of ether oxygens (including phenoxy) is 1. The number of amides is 2. The van der Waals surface area contributed by atoms with E-state index < -0.39 is 16.9 Å². The third kappa shape index (κ3) is 3.78. The lowest BCUT2D eigenvalue weighted by atomic mass is 10.1. The summed E-state index contributed by atoms with van der Waals surface area (Å²) in [6.07, 6.45) is -0.547. The van der Waals surface area contributed by atoms with E-state index in [9.17, 15) is 19.7 Å². The maximum Gasteiger partial charge on any atom is 0.269 e. The molecule has 146 valence electrons. The molecular formula is C19H14N4O5S. The predicted molar refractivity (Wildman–Crippen MR) is 107 cm³/mol. The van der Waals surface area contributed by atoms with Crippen molar-refractivity contribution in [2.45, 2.75) is 13.0 Å². The molecule has 1 aromatic heterocycles. The number of non-ortho nitro benzene ring substituents is 1. The van der Waals surface area contributed by atoms with E-state index >= 15 is 0 Å². The maximum atomic E-state index is 12.3. The number of nitro benzene ring substituents is 1. The molecule has 29 heavy (non-hydrogen) atoms. The van der Waals surface area contributed by atoms with Gasteiger partial charge in [0.05, 0.1) is 16.3 Å².